The van der Waals surface area contributed by atoms with Gasteiger partial charge in [-0.1, -0.05) is 0 Å². The summed E-state index contributed by atoms with van der Waals surface area (Å²) in [5, 5.41) is 22.0. The number of hydrogen-bond acceptors (Lipinski definition) is 8. The van der Waals surface area contributed by atoms with Gasteiger partial charge in [0.05, 0.1) is 17.2 Å². The van der Waals surface area contributed by atoms with Gasteiger partial charge in [0, 0.05) is 66.8 Å². The standard InChI is InChI=1S/C28H32FN7O3/c1-15-12-36(13-16(2)31-15)22-8-7-19(26-20(22)11-30-28(33-26)39-24-6-4-5-23(24)37)27(38)32-18-9-17-14-35(3)34-25(17)21(29)10-18/h7-11,14-16,23-24,31,37H,4-6,12-13H2,1-3H3,(H,32,38)/t15-,16+,23-,24+/m0/s1. The number of benzene rings is 2. The third kappa shape index (κ3) is 4.99. The second-order valence-corrected chi connectivity index (χ2v) is 10.7. The van der Waals surface area contributed by atoms with Gasteiger partial charge >= 0.3 is 6.01 Å². The second kappa shape index (κ2) is 10.0. The number of aromatic nitrogens is 4. The number of piperazine rings is 1. The minimum absolute atomic E-state index is 0.115. The predicted molar refractivity (Wildman–Crippen MR) is 147 cm³/mol. The van der Waals surface area contributed by atoms with Crippen LogP contribution in [0.25, 0.3) is 21.8 Å². The zero-order valence-corrected chi connectivity index (χ0v) is 22.2. The lowest BCUT2D eigenvalue weighted by atomic mass is 10.0. The number of aliphatic hydroxyl groups excluding tert-OH is 1. The van der Waals surface area contributed by atoms with Crippen molar-refractivity contribution in [1.82, 2.24) is 25.1 Å². The number of aliphatic hydroxyl groups is 1. The Morgan fingerprint density at radius 1 is 1.18 bits per heavy atom. The Labute approximate surface area is 225 Å². The molecule has 3 N–H and O–H groups in total. The van der Waals surface area contributed by atoms with Crippen LogP contribution >= 0.6 is 0 Å². The number of carbonyl (C=O) groups excluding carboxylic acids is 1. The number of anilines is 2. The molecule has 3 heterocycles. The van der Waals surface area contributed by atoms with Gasteiger partial charge in [-0.2, -0.15) is 10.1 Å². The maximum atomic E-state index is 14.7. The molecule has 0 bridgehead atoms. The lowest BCUT2D eigenvalue weighted by Gasteiger charge is -2.38. The number of fused-ring (bicyclic) bond motifs is 2. The highest BCUT2D eigenvalue weighted by Gasteiger charge is 2.29. The molecule has 10 nitrogen and oxygen atoms in total. The van der Waals surface area contributed by atoms with Gasteiger partial charge in [-0.3, -0.25) is 9.48 Å². The van der Waals surface area contributed by atoms with Crippen LogP contribution in [0.2, 0.25) is 0 Å². The number of aryl methyl sites for hydroxylation is 1. The number of carbonyl (C=O) groups is 1. The van der Waals surface area contributed by atoms with E-state index in [1.54, 1.807) is 31.6 Å². The van der Waals surface area contributed by atoms with Gasteiger partial charge in [-0.25, -0.2) is 9.37 Å². The smallest absolute Gasteiger partial charge is 0.317 e. The summed E-state index contributed by atoms with van der Waals surface area (Å²) in [6.07, 6.45) is 4.69. The van der Waals surface area contributed by atoms with Crippen LogP contribution in [0.4, 0.5) is 15.8 Å². The summed E-state index contributed by atoms with van der Waals surface area (Å²) in [4.78, 5) is 24.9. The summed E-state index contributed by atoms with van der Waals surface area (Å²) < 4.78 is 22.1. The molecule has 0 radical (unpaired) electrons. The average molecular weight is 534 g/mol. The Morgan fingerprint density at radius 3 is 2.72 bits per heavy atom. The van der Waals surface area contributed by atoms with Gasteiger partial charge in [0.2, 0.25) is 0 Å². The van der Waals surface area contributed by atoms with Crippen molar-refractivity contribution in [2.45, 2.75) is 57.4 Å². The summed E-state index contributed by atoms with van der Waals surface area (Å²) in [5.74, 6) is -0.944. The molecule has 2 aliphatic rings. The molecule has 204 valence electrons. The Kier molecular flexibility index (Phi) is 6.56. The van der Waals surface area contributed by atoms with Crippen LogP contribution in [0.15, 0.2) is 36.7 Å². The molecule has 1 saturated carbocycles. The SMILES string of the molecule is C[C@@H]1CN(c2ccc(C(=O)Nc3cc(F)c4nn(C)cc4c3)c3nc(O[C@@H]4CCC[C@@H]4O)ncc23)C[C@H](C)N1. The predicted octanol–water partition coefficient (Wildman–Crippen LogP) is 3.39. The fourth-order valence-corrected chi connectivity index (χ4v) is 5.79. The van der Waals surface area contributed by atoms with Crippen molar-refractivity contribution in [3.05, 3.63) is 48.0 Å². The number of amides is 1. The summed E-state index contributed by atoms with van der Waals surface area (Å²) in [6, 6.07) is 7.30. The normalized spacial score (nSPS) is 23.5. The minimum atomic E-state index is -0.570. The van der Waals surface area contributed by atoms with Gasteiger partial charge < -0.3 is 25.4 Å². The maximum Gasteiger partial charge on any atom is 0.317 e. The Morgan fingerprint density at radius 2 is 1.97 bits per heavy atom. The van der Waals surface area contributed by atoms with Gasteiger partial charge in [-0.05, 0) is 57.4 Å². The lowest BCUT2D eigenvalue weighted by molar-refractivity contribution is 0.0544. The van der Waals surface area contributed by atoms with Gasteiger partial charge in [0.15, 0.2) is 5.82 Å². The number of nitrogens with zero attached hydrogens (tertiary/aromatic N) is 5. The molecule has 0 spiro atoms. The molecule has 0 unspecified atom stereocenters. The Balaban J connectivity index is 1.39. The van der Waals surface area contributed by atoms with Crippen LogP contribution in [0.5, 0.6) is 6.01 Å². The summed E-state index contributed by atoms with van der Waals surface area (Å²) >= 11 is 0. The molecular formula is C28H32FN7O3. The van der Waals surface area contributed by atoms with E-state index in [2.05, 4.69) is 44.4 Å². The maximum absolute atomic E-state index is 14.7. The third-order valence-corrected chi connectivity index (χ3v) is 7.46. The molecule has 4 atom stereocenters. The summed E-state index contributed by atoms with van der Waals surface area (Å²) in [7, 11) is 1.72. The second-order valence-electron chi connectivity index (χ2n) is 10.7. The van der Waals surface area contributed by atoms with Crippen LogP contribution in [-0.4, -0.2) is 68.1 Å². The number of halogens is 1. The van der Waals surface area contributed by atoms with Crippen molar-refractivity contribution in [3.63, 3.8) is 0 Å². The van der Waals surface area contributed by atoms with E-state index in [0.29, 0.717) is 28.6 Å². The summed E-state index contributed by atoms with van der Waals surface area (Å²) in [6.45, 7) is 5.87. The van der Waals surface area contributed by atoms with E-state index in [1.807, 2.05) is 6.07 Å². The van der Waals surface area contributed by atoms with Gasteiger partial charge in [0.1, 0.15) is 11.6 Å². The first-order chi connectivity index (χ1) is 18.7. The largest absolute Gasteiger partial charge is 0.457 e. The number of rotatable bonds is 5. The third-order valence-electron chi connectivity index (χ3n) is 7.46. The Hall–Kier alpha value is -3.83. The molecule has 6 rings (SSSR count). The van der Waals surface area contributed by atoms with Crippen molar-refractivity contribution in [2.75, 3.05) is 23.3 Å². The first-order valence-electron chi connectivity index (χ1n) is 13.3. The molecule has 2 aromatic heterocycles. The molecule has 1 amide bonds. The fourth-order valence-electron chi connectivity index (χ4n) is 5.79. The average Bonchev–Trinajstić information content (AvgIpc) is 3.47. The molecule has 11 heteroatoms. The van der Waals surface area contributed by atoms with Crippen molar-refractivity contribution < 1.29 is 19.0 Å². The molecule has 2 fully saturated rings. The van der Waals surface area contributed by atoms with Crippen molar-refractivity contribution in [3.8, 4) is 6.01 Å². The molecule has 39 heavy (non-hydrogen) atoms. The van der Waals surface area contributed by atoms with E-state index < -0.39 is 17.8 Å². The monoisotopic (exact) mass is 533 g/mol. The number of hydrogen-bond donors (Lipinski definition) is 3. The van der Waals surface area contributed by atoms with Crippen molar-refractivity contribution in [1.29, 1.82) is 0 Å². The van der Waals surface area contributed by atoms with Crippen LogP contribution in [0.1, 0.15) is 43.5 Å². The number of nitrogens with one attached hydrogen (secondary N) is 2. The van der Waals surface area contributed by atoms with E-state index in [9.17, 15) is 14.3 Å². The van der Waals surface area contributed by atoms with Crippen LogP contribution in [-0.2, 0) is 7.05 Å². The van der Waals surface area contributed by atoms with E-state index in [1.165, 1.54) is 10.7 Å². The minimum Gasteiger partial charge on any atom is -0.457 e. The fraction of sp³-hybridized carbons (Fsp3) is 0.429. The zero-order valence-electron chi connectivity index (χ0n) is 22.2. The van der Waals surface area contributed by atoms with E-state index in [0.717, 1.165) is 37.0 Å². The zero-order chi connectivity index (χ0) is 27.3. The quantitative estimate of drug-likeness (QED) is 0.358. The summed E-state index contributed by atoms with van der Waals surface area (Å²) in [5.41, 5.74) is 2.24. The van der Waals surface area contributed by atoms with Gasteiger partial charge in [0.25, 0.3) is 5.91 Å². The van der Waals surface area contributed by atoms with Crippen LogP contribution < -0.4 is 20.3 Å². The van der Waals surface area contributed by atoms with E-state index in [4.69, 9.17) is 4.74 Å². The van der Waals surface area contributed by atoms with E-state index in [-0.39, 0.29) is 29.7 Å². The molecule has 1 aliphatic carbocycles. The first kappa shape index (κ1) is 25.4. The van der Waals surface area contributed by atoms with Crippen molar-refractivity contribution >= 4 is 39.1 Å². The lowest BCUT2D eigenvalue weighted by Crippen LogP contribution is -2.54. The number of ether oxygens (including phenoxy) is 1. The highest BCUT2D eigenvalue weighted by Crippen LogP contribution is 2.32. The first-order valence-corrected chi connectivity index (χ1v) is 13.3. The highest BCUT2D eigenvalue weighted by molar-refractivity contribution is 6.14. The highest BCUT2D eigenvalue weighted by atomic mass is 19.1. The molecule has 1 aliphatic heterocycles. The Bertz CT molecular complexity index is 1550. The van der Waals surface area contributed by atoms with Crippen LogP contribution in [0, 0.1) is 5.82 Å². The molecule has 2 aromatic carbocycles. The van der Waals surface area contributed by atoms with Crippen molar-refractivity contribution in [2.24, 2.45) is 7.05 Å². The van der Waals surface area contributed by atoms with Crippen LogP contribution in [0.3, 0.4) is 0 Å². The van der Waals surface area contributed by atoms with E-state index >= 15 is 0 Å². The molecular weight excluding hydrogens is 501 g/mol. The topological polar surface area (TPSA) is 117 Å². The molecule has 4 aromatic rings. The van der Waals surface area contributed by atoms with Gasteiger partial charge in [-0.15, -0.1) is 0 Å². The molecule has 1 saturated heterocycles.